The topological polar surface area (TPSA) is 142 Å². The van der Waals surface area contributed by atoms with E-state index >= 15 is 0 Å². The summed E-state index contributed by atoms with van der Waals surface area (Å²) in [6.45, 7) is 11.0. The molecule has 0 spiro atoms. The highest BCUT2D eigenvalue weighted by molar-refractivity contribution is 6.48. The van der Waals surface area contributed by atoms with Gasteiger partial charge in [0.15, 0.2) is 0 Å². The lowest BCUT2D eigenvalue weighted by atomic mass is 9.45. The Balaban J connectivity index is 1.24. The Morgan fingerprint density at radius 2 is 1.71 bits per heavy atom. The number of aromatic amines is 1. The normalized spacial score (nSPS) is 26.1. The highest BCUT2D eigenvalue weighted by atomic mass is 16.7. The second-order valence-corrected chi connectivity index (χ2v) is 14.3. The van der Waals surface area contributed by atoms with E-state index in [1.54, 1.807) is 5.48 Å². The first-order valence-corrected chi connectivity index (χ1v) is 15.9. The van der Waals surface area contributed by atoms with Crippen LogP contribution >= 0.6 is 0 Å². The Labute approximate surface area is 264 Å². The molecule has 2 aromatic carbocycles. The monoisotopic (exact) mass is 614 g/mol. The maximum absolute atomic E-state index is 14.1. The standard InChI is InChI=1S/C34H43BN4O6/c1-19(2)14-28(35-44-29-25-16-23(33(25,3)4)17-34(29,5)45-35)38-32(42)27(15-22-18-36-26-9-7-6-8-24(22)26)37-30(40)20-10-12-21(13-11-20)31(41)39-43/h6-13,18-19,23,25,27-29,36,43H,14-17H2,1-5H3,(H,37,40)(H,38,42)(H,39,41)/t23-,25+,27+,28+,29?,34+/m1/s1. The van der Waals surface area contributed by atoms with Gasteiger partial charge < -0.3 is 24.9 Å². The maximum atomic E-state index is 14.1. The van der Waals surface area contributed by atoms with Gasteiger partial charge in [0.2, 0.25) is 5.91 Å². The summed E-state index contributed by atoms with van der Waals surface area (Å²) in [5.41, 5.74) is 3.73. The number of para-hydroxylation sites is 1. The lowest BCUT2D eigenvalue weighted by Crippen LogP contribution is -2.63. The summed E-state index contributed by atoms with van der Waals surface area (Å²) in [5, 5.41) is 16.0. The van der Waals surface area contributed by atoms with Crippen molar-refractivity contribution >= 4 is 35.7 Å². The molecule has 10 nitrogen and oxygen atoms in total. The quantitative estimate of drug-likeness (QED) is 0.130. The lowest BCUT2D eigenvalue weighted by Gasteiger charge is -2.63. The molecule has 1 saturated heterocycles. The second-order valence-electron chi connectivity index (χ2n) is 14.3. The van der Waals surface area contributed by atoms with Crippen LogP contribution in [0.3, 0.4) is 0 Å². The van der Waals surface area contributed by atoms with Crippen molar-refractivity contribution in [3.05, 3.63) is 71.4 Å². The summed E-state index contributed by atoms with van der Waals surface area (Å²) in [4.78, 5) is 42.6. The minimum Gasteiger partial charge on any atom is -0.404 e. The fourth-order valence-corrected chi connectivity index (χ4v) is 7.75. The number of hydroxylamine groups is 1. The summed E-state index contributed by atoms with van der Waals surface area (Å²) in [6, 6.07) is 12.8. The van der Waals surface area contributed by atoms with E-state index in [1.165, 1.54) is 24.3 Å². The molecule has 1 aromatic heterocycles. The SMILES string of the molecule is CC(C)C[C@H](NC(=O)[C@H](Cc1c[nH]c2ccccc12)NC(=O)c1ccc(C(=O)NO)cc1)B1OC2[C@@H]3C[C@H](C[C@]2(C)O1)C3(C)C. The predicted octanol–water partition coefficient (Wildman–Crippen LogP) is 4.43. The average Bonchev–Trinajstić information content (AvgIpc) is 3.60. The van der Waals surface area contributed by atoms with Gasteiger partial charge in [-0.15, -0.1) is 0 Å². The fraction of sp³-hybridized carbons (Fsp3) is 0.500. The van der Waals surface area contributed by atoms with Crippen LogP contribution in [-0.4, -0.2) is 58.7 Å². The molecule has 6 atom stereocenters. The number of carbonyl (C=O) groups is 3. The minimum atomic E-state index is -0.905. The number of benzene rings is 2. The Morgan fingerprint density at radius 1 is 1.02 bits per heavy atom. The molecule has 2 heterocycles. The van der Waals surface area contributed by atoms with Crippen LogP contribution in [0, 0.1) is 23.2 Å². The van der Waals surface area contributed by atoms with E-state index in [-0.39, 0.29) is 46.5 Å². The molecule has 3 aliphatic carbocycles. The fourth-order valence-electron chi connectivity index (χ4n) is 7.75. The molecule has 45 heavy (non-hydrogen) atoms. The van der Waals surface area contributed by atoms with Gasteiger partial charge in [-0.25, -0.2) is 5.48 Å². The number of hydrogen-bond acceptors (Lipinski definition) is 6. The number of hydrogen-bond donors (Lipinski definition) is 5. The average molecular weight is 615 g/mol. The maximum Gasteiger partial charge on any atom is 0.481 e. The van der Waals surface area contributed by atoms with Crippen molar-refractivity contribution in [2.24, 2.45) is 23.2 Å². The van der Waals surface area contributed by atoms with Crippen molar-refractivity contribution in [2.45, 2.75) is 84.0 Å². The van der Waals surface area contributed by atoms with Crippen LogP contribution in [0.1, 0.15) is 80.2 Å². The van der Waals surface area contributed by atoms with Crippen LogP contribution in [-0.2, 0) is 20.5 Å². The van der Waals surface area contributed by atoms with Gasteiger partial charge in [-0.1, -0.05) is 45.9 Å². The molecule has 1 aliphatic heterocycles. The summed E-state index contributed by atoms with van der Waals surface area (Å²) in [5.74, 6) is -0.580. The zero-order chi connectivity index (χ0) is 32.1. The van der Waals surface area contributed by atoms with Gasteiger partial charge in [0.1, 0.15) is 6.04 Å². The van der Waals surface area contributed by atoms with Gasteiger partial charge in [-0.05, 0) is 85.3 Å². The first-order chi connectivity index (χ1) is 21.4. The van der Waals surface area contributed by atoms with E-state index in [2.05, 4.69) is 50.2 Å². The number of fused-ring (bicyclic) bond motifs is 1. The van der Waals surface area contributed by atoms with Crippen molar-refractivity contribution in [3.8, 4) is 0 Å². The van der Waals surface area contributed by atoms with E-state index in [4.69, 9.17) is 14.5 Å². The van der Waals surface area contributed by atoms with E-state index in [9.17, 15) is 14.4 Å². The lowest BCUT2D eigenvalue weighted by molar-refractivity contribution is -0.185. The Kier molecular flexibility index (Phi) is 8.30. The van der Waals surface area contributed by atoms with Gasteiger partial charge in [-0.3, -0.25) is 19.6 Å². The molecule has 3 aromatic rings. The van der Waals surface area contributed by atoms with Gasteiger partial charge in [-0.2, -0.15) is 0 Å². The summed E-state index contributed by atoms with van der Waals surface area (Å²) in [7, 11) is -0.587. The van der Waals surface area contributed by atoms with Crippen molar-refractivity contribution < 1.29 is 28.9 Å². The molecule has 11 heteroatoms. The number of rotatable bonds is 10. The predicted molar refractivity (Wildman–Crippen MR) is 170 cm³/mol. The Hall–Kier alpha value is -3.67. The van der Waals surface area contributed by atoms with Gasteiger partial charge >= 0.3 is 7.12 Å². The van der Waals surface area contributed by atoms with Crippen LogP contribution in [0.2, 0.25) is 0 Å². The van der Waals surface area contributed by atoms with Crippen molar-refractivity contribution in [3.63, 3.8) is 0 Å². The van der Waals surface area contributed by atoms with Gasteiger partial charge in [0.05, 0.1) is 17.6 Å². The smallest absolute Gasteiger partial charge is 0.404 e. The molecule has 238 valence electrons. The zero-order valence-electron chi connectivity index (χ0n) is 26.6. The minimum absolute atomic E-state index is 0.0216. The third kappa shape index (κ3) is 5.89. The van der Waals surface area contributed by atoms with Crippen LogP contribution in [0.15, 0.2) is 54.7 Å². The number of H-pyrrole nitrogens is 1. The van der Waals surface area contributed by atoms with E-state index < -0.39 is 30.9 Å². The highest BCUT2D eigenvalue weighted by Gasteiger charge is 2.67. The highest BCUT2D eigenvalue weighted by Crippen LogP contribution is 2.64. The van der Waals surface area contributed by atoms with Gasteiger partial charge in [0, 0.05) is 34.6 Å². The molecular formula is C34H43BN4O6. The summed E-state index contributed by atoms with van der Waals surface area (Å²) < 4.78 is 13.3. The first kappa shape index (κ1) is 31.3. The van der Waals surface area contributed by atoms with E-state index in [1.807, 2.05) is 30.5 Å². The molecule has 0 radical (unpaired) electrons. The van der Waals surface area contributed by atoms with Crippen LogP contribution in [0.25, 0.3) is 10.9 Å². The number of aromatic nitrogens is 1. The zero-order valence-corrected chi connectivity index (χ0v) is 26.6. The van der Waals surface area contributed by atoms with Crippen molar-refractivity contribution in [1.29, 1.82) is 0 Å². The molecule has 4 fully saturated rings. The largest absolute Gasteiger partial charge is 0.481 e. The molecule has 5 N–H and O–H groups in total. The molecule has 1 unspecified atom stereocenters. The summed E-state index contributed by atoms with van der Waals surface area (Å²) in [6.07, 6.45) is 4.84. The number of carbonyl (C=O) groups excluding carboxylic acids is 3. The molecular weight excluding hydrogens is 571 g/mol. The third-order valence-corrected chi connectivity index (χ3v) is 10.4. The molecule has 4 aliphatic rings. The number of nitrogens with one attached hydrogen (secondary N) is 4. The molecule has 3 amide bonds. The first-order valence-electron chi connectivity index (χ1n) is 15.9. The second kappa shape index (κ2) is 11.9. The van der Waals surface area contributed by atoms with Crippen LogP contribution in [0.5, 0.6) is 0 Å². The van der Waals surface area contributed by atoms with E-state index in [0.29, 0.717) is 18.3 Å². The van der Waals surface area contributed by atoms with Crippen molar-refractivity contribution in [1.82, 2.24) is 21.1 Å². The molecule has 2 bridgehead atoms. The summed E-state index contributed by atoms with van der Waals surface area (Å²) >= 11 is 0. The molecule has 7 rings (SSSR count). The Morgan fingerprint density at radius 3 is 2.38 bits per heavy atom. The third-order valence-electron chi connectivity index (χ3n) is 10.4. The number of amides is 3. The van der Waals surface area contributed by atoms with Crippen molar-refractivity contribution in [2.75, 3.05) is 0 Å². The van der Waals surface area contributed by atoms with Gasteiger partial charge in [0.25, 0.3) is 11.8 Å². The Bertz CT molecular complexity index is 1590. The molecule has 3 saturated carbocycles. The van der Waals surface area contributed by atoms with E-state index in [0.717, 1.165) is 29.3 Å². The van der Waals surface area contributed by atoms with Crippen LogP contribution < -0.4 is 16.1 Å². The van der Waals surface area contributed by atoms with Crippen LogP contribution in [0.4, 0.5) is 0 Å².